The van der Waals surface area contributed by atoms with Gasteiger partial charge in [0, 0.05) is 33.0 Å². The zero-order chi connectivity index (χ0) is 17.5. The molecule has 0 radical (unpaired) electrons. The summed E-state index contributed by atoms with van der Waals surface area (Å²) in [5.41, 5.74) is 2.98. The average molecular weight is 373 g/mol. The van der Waals surface area contributed by atoms with Crippen molar-refractivity contribution in [2.75, 3.05) is 10.6 Å². The number of hydrogen-bond acceptors (Lipinski definition) is 6. The van der Waals surface area contributed by atoms with Gasteiger partial charge in [-0.05, 0) is 31.0 Å². The lowest BCUT2D eigenvalue weighted by molar-refractivity contribution is 0.966. The zero-order valence-corrected chi connectivity index (χ0v) is 14.4. The Morgan fingerprint density at radius 1 is 1.12 bits per heavy atom. The summed E-state index contributed by atoms with van der Waals surface area (Å²) in [6.07, 6.45) is 5.76. The van der Waals surface area contributed by atoms with Gasteiger partial charge in [-0.3, -0.25) is 10.2 Å². The van der Waals surface area contributed by atoms with E-state index < -0.39 is 0 Å². The molecule has 26 heavy (non-hydrogen) atoms. The zero-order valence-electron chi connectivity index (χ0n) is 13.6. The summed E-state index contributed by atoms with van der Waals surface area (Å²) in [6, 6.07) is 7.85. The highest BCUT2D eigenvalue weighted by Crippen LogP contribution is 2.39. The number of H-pyrrole nitrogens is 2. The van der Waals surface area contributed by atoms with Crippen molar-refractivity contribution in [3.05, 3.63) is 47.4 Å². The molecule has 0 bridgehead atoms. The van der Waals surface area contributed by atoms with Crippen molar-refractivity contribution < 1.29 is 4.28 Å². The fourth-order valence-electron chi connectivity index (χ4n) is 2.79. The van der Waals surface area contributed by atoms with Gasteiger partial charge in [-0.15, -0.1) is 0 Å². The minimum atomic E-state index is 0. The molecule has 3 aromatic heterocycles. The summed E-state index contributed by atoms with van der Waals surface area (Å²) in [7, 11) is 0. The number of nitrogens with zero attached hydrogens (tertiary/aromatic N) is 4. The Balaban J connectivity index is 0.000001000. The second-order valence-corrected chi connectivity index (χ2v) is 6.70. The Morgan fingerprint density at radius 3 is 2.92 bits per heavy atom. The highest BCUT2D eigenvalue weighted by Gasteiger charge is 2.25. The smallest absolute Gasteiger partial charge is 0.229 e. The van der Waals surface area contributed by atoms with Crippen molar-refractivity contribution >= 4 is 45.8 Å². The minimum absolute atomic E-state index is 0. The molecule has 1 aliphatic rings. The van der Waals surface area contributed by atoms with E-state index in [9.17, 15) is 0 Å². The van der Waals surface area contributed by atoms with E-state index in [0.717, 1.165) is 22.3 Å². The Kier molecular flexibility index (Phi) is 3.49. The number of halogens is 1. The van der Waals surface area contributed by atoms with Crippen molar-refractivity contribution in [2.45, 2.75) is 18.8 Å². The molecular formula is C17H21ClN8. The molecule has 9 heteroatoms. The van der Waals surface area contributed by atoms with E-state index in [0.29, 0.717) is 28.5 Å². The van der Waals surface area contributed by atoms with Gasteiger partial charge in [0.1, 0.15) is 5.02 Å². The van der Waals surface area contributed by atoms with Crippen LogP contribution in [0, 0.1) is 0 Å². The number of aromatic nitrogens is 6. The molecule has 0 aliphatic heterocycles. The normalized spacial score (nSPS) is 13.9. The molecule has 1 aliphatic carbocycles. The number of hydrogen-bond donors (Lipinski definition) is 4. The molecule has 3 heterocycles. The van der Waals surface area contributed by atoms with Crippen molar-refractivity contribution in [3.8, 4) is 0 Å². The van der Waals surface area contributed by atoms with Crippen molar-refractivity contribution in [3.63, 3.8) is 0 Å². The van der Waals surface area contributed by atoms with Crippen LogP contribution in [-0.4, -0.2) is 30.4 Å². The SMILES string of the molecule is Clc1cnc(Nc2ccc3[nH]ncc3c2)nc1Nc1cc(C2CC2)[nH]n1.[HH].[HH].[HH]. The molecule has 0 spiro atoms. The summed E-state index contributed by atoms with van der Waals surface area (Å²) in [5, 5.41) is 22.0. The largest absolute Gasteiger partial charge is 0.324 e. The molecule has 0 amide bonds. The molecule has 1 fully saturated rings. The second-order valence-electron chi connectivity index (χ2n) is 6.29. The first-order valence-electron chi connectivity index (χ1n) is 8.29. The van der Waals surface area contributed by atoms with Gasteiger partial charge in [-0.1, -0.05) is 11.6 Å². The van der Waals surface area contributed by atoms with Gasteiger partial charge >= 0.3 is 0 Å². The maximum atomic E-state index is 6.23. The van der Waals surface area contributed by atoms with Crippen molar-refractivity contribution in [2.24, 2.45) is 0 Å². The summed E-state index contributed by atoms with van der Waals surface area (Å²) >= 11 is 6.23. The van der Waals surface area contributed by atoms with Crippen LogP contribution in [0.5, 0.6) is 0 Å². The van der Waals surface area contributed by atoms with Crippen LogP contribution >= 0.6 is 11.6 Å². The topological polar surface area (TPSA) is 107 Å². The molecule has 136 valence electrons. The second kappa shape index (κ2) is 5.99. The van der Waals surface area contributed by atoms with Gasteiger partial charge in [0.15, 0.2) is 11.6 Å². The van der Waals surface area contributed by atoms with Crippen LogP contribution in [0.15, 0.2) is 36.7 Å². The standard InChI is InChI=1S/C17H15ClN8.3H2/c18-12-8-19-17(21-11-3-4-13-10(5-11)7-20-24-13)23-16(12)22-15-6-14(25-26-15)9-1-2-9;;;/h3-9H,1-2H2,(H,20,24)(H3,19,21,22,23,25,26);3*1H. The van der Waals surface area contributed by atoms with E-state index >= 15 is 0 Å². The molecule has 4 N–H and O–H groups in total. The molecule has 0 atom stereocenters. The monoisotopic (exact) mass is 372 g/mol. The molecule has 5 rings (SSSR count). The maximum Gasteiger partial charge on any atom is 0.229 e. The summed E-state index contributed by atoms with van der Waals surface area (Å²) in [5.74, 6) is 2.24. The number of fused-ring (bicyclic) bond motifs is 1. The van der Waals surface area contributed by atoms with Gasteiger partial charge in [-0.2, -0.15) is 15.2 Å². The molecule has 1 aromatic carbocycles. The highest BCUT2D eigenvalue weighted by molar-refractivity contribution is 6.32. The van der Waals surface area contributed by atoms with E-state index in [1.807, 2.05) is 24.3 Å². The number of rotatable bonds is 5. The number of benzene rings is 1. The van der Waals surface area contributed by atoms with Crippen LogP contribution in [0.4, 0.5) is 23.3 Å². The van der Waals surface area contributed by atoms with Crippen molar-refractivity contribution in [1.29, 1.82) is 0 Å². The Morgan fingerprint density at radius 2 is 2.04 bits per heavy atom. The van der Waals surface area contributed by atoms with E-state index in [1.54, 1.807) is 12.4 Å². The number of anilines is 4. The summed E-state index contributed by atoms with van der Waals surface area (Å²) in [4.78, 5) is 8.70. The van der Waals surface area contributed by atoms with Crippen LogP contribution in [-0.2, 0) is 0 Å². The van der Waals surface area contributed by atoms with E-state index in [4.69, 9.17) is 11.6 Å². The predicted octanol–water partition coefficient (Wildman–Crippen LogP) is 4.83. The molecular weight excluding hydrogens is 352 g/mol. The lowest BCUT2D eigenvalue weighted by Crippen LogP contribution is -2.01. The number of aromatic amines is 2. The quantitative estimate of drug-likeness (QED) is 0.399. The third kappa shape index (κ3) is 2.95. The minimum Gasteiger partial charge on any atom is -0.324 e. The first kappa shape index (κ1) is 15.2. The van der Waals surface area contributed by atoms with Crippen molar-refractivity contribution in [1.82, 2.24) is 30.4 Å². The Bertz CT molecular complexity index is 1100. The summed E-state index contributed by atoms with van der Waals surface area (Å²) in [6.45, 7) is 0. The van der Waals surface area contributed by atoms with Gasteiger partial charge < -0.3 is 10.6 Å². The third-order valence-electron chi connectivity index (χ3n) is 4.30. The van der Waals surface area contributed by atoms with Crippen LogP contribution < -0.4 is 10.6 Å². The van der Waals surface area contributed by atoms with Gasteiger partial charge in [0.05, 0.1) is 17.9 Å². The van der Waals surface area contributed by atoms with Crippen LogP contribution in [0.2, 0.25) is 5.02 Å². The third-order valence-corrected chi connectivity index (χ3v) is 4.58. The lowest BCUT2D eigenvalue weighted by atomic mass is 10.2. The molecule has 8 nitrogen and oxygen atoms in total. The first-order valence-corrected chi connectivity index (χ1v) is 8.67. The average Bonchev–Trinajstić information content (AvgIpc) is 3.21. The van der Waals surface area contributed by atoms with Crippen LogP contribution in [0.25, 0.3) is 10.9 Å². The Hall–Kier alpha value is -3.13. The fourth-order valence-corrected chi connectivity index (χ4v) is 2.93. The van der Waals surface area contributed by atoms with Gasteiger partial charge in [0.2, 0.25) is 5.95 Å². The molecule has 1 saturated carbocycles. The fraction of sp³-hybridized carbons (Fsp3) is 0.176. The molecule has 0 unspecified atom stereocenters. The van der Waals surface area contributed by atoms with Crippen LogP contribution in [0.1, 0.15) is 28.7 Å². The molecule has 0 saturated heterocycles. The number of nitrogens with one attached hydrogen (secondary N) is 4. The highest BCUT2D eigenvalue weighted by atomic mass is 35.5. The van der Waals surface area contributed by atoms with E-state index in [1.165, 1.54) is 12.8 Å². The van der Waals surface area contributed by atoms with E-state index in [2.05, 4.69) is 41.0 Å². The van der Waals surface area contributed by atoms with Gasteiger partial charge in [-0.25, -0.2) is 4.98 Å². The summed E-state index contributed by atoms with van der Waals surface area (Å²) < 4.78 is 0. The maximum absolute atomic E-state index is 6.23. The molecule has 4 aromatic rings. The lowest BCUT2D eigenvalue weighted by Gasteiger charge is -2.08. The Labute approximate surface area is 157 Å². The van der Waals surface area contributed by atoms with Crippen LogP contribution in [0.3, 0.4) is 0 Å². The first-order chi connectivity index (χ1) is 12.7. The van der Waals surface area contributed by atoms with Gasteiger partial charge in [0.25, 0.3) is 0 Å². The predicted molar refractivity (Wildman–Crippen MR) is 107 cm³/mol. The van der Waals surface area contributed by atoms with E-state index in [-0.39, 0.29) is 4.28 Å².